The van der Waals surface area contributed by atoms with Crippen molar-refractivity contribution in [2.24, 2.45) is 0 Å². The third kappa shape index (κ3) is 6.81. The van der Waals surface area contributed by atoms with E-state index in [0.717, 1.165) is 5.56 Å². The summed E-state index contributed by atoms with van der Waals surface area (Å²) in [5.41, 5.74) is 0.843. The summed E-state index contributed by atoms with van der Waals surface area (Å²) in [6.45, 7) is 0.351. The summed E-state index contributed by atoms with van der Waals surface area (Å²) < 4.78 is 31.8. The van der Waals surface area contributed by atoms with E-state index in [1.165, 1.54) is 13.4 Å². The van der Waals surface area contributed by atoms with Gasteiger partial charge in [0.2, 0.25) is 0 Å². The molecular weight excluding hydrogens is 268 g/mol. The normalized spacial score (nSPS) is 11.1. The Morgan fingerprint density at radius 2 is 1.84 bits per heavy atom. The Labute approximate surface area is 113 Å². The van der Waals surface area contributed by atoms with E-state index in [4.69, 9.17) is 4.74 Å². The Balaban J connectivity index is 2.38. The molecule has 1 aromatic rings. The zero-order chi connectivity index (χ0) is 14.3. The van der Waals surface area contributed by atoms with Crippen LogP contribution >= 0.6 is 0 Å². The smallest absolute Gasteiger partial charge is 0.309 e. The highest BCUT2D eigenvalue weighted by molar-refractivity contribution is 7.90. The molecule has 1 rings (SSSR count). The van der Waals surface area contributed by atoms with Gasteiger partial charge in [-0.2, -0.15) is 0 Å². The van der Waals surface area contributed by atoms with E-state index < -0.39 is 9.84 Å². The number of carbonyl (C=O) groups is 1. The zero-order valence-corrected chi connectivity index (χ0v) is 11.9. The lowest BCUT2D eigenvalue weighted by molar-refractivity contribution is -0.139. The van der Waals surface area contributed by atoms with E-state index in [2.05, 4.69) is 4.74 Å². The minimum Gasteiger partial charge on any atom is -0.494 e. The highest BCUT2D eigenvalue weighted by Crippen LogP contribution is 2.13. The largest absolute Gasteiger partial charge is 0.494 e. The minimum absolute atomic E-state index is 0.118. The number of methoxy groups -OCH3 is 1. The van der Waals surface area contributed by atoms with E-state index >= 15 is 0 Å². The van der Waals surface area contributed by atoms with Crippen molar-refractivity contribution >= 4 is 15.8 Å². The summed E-state index contributed by atoms with van der Waals surface area (Å²) in [4.78, 5) is 11.1. The number of sulfone groups is 1. The molecule has 0 unspecified atom stereocenters. The topological polar surface area (TPSA) is 69.7 Å². The molecule has 0 aliphatic rings. The average molecular weight is 286 g/mol. The Bertz CT molecular complexity index is 504. The van der Waals surface area contributed by atoms with Crippen molar-refractivity contribution < 1.29 is 22.7 Å². The Kier molecular flexibility index (Phi) is 5.82. The zero-order valence-electron chi connectivity index (χ0n) is 11.1. The van der Waals surface area contributed by atoms with Gasteiger partial charge in [-0.05, 0) is 24.1 Å². The molecular formula is C13H18O5S. The van der Waals surface area contributed by atoms with Gasteiger partial charge in [0.25, 0.3) is 0 Å². The van der Waals surface area contributed by atoms with Crippen molar-refractivity contribution in [2.75, 3.05) is 25.7 Å². The van der Waals surface area contributed by atoms with Gasteiger partial charge in [-0.1, -0.05) is 12.1 Å². The molecule has 19 heavy (non-hydrogen) atoms. The second kappa shape index (κ2) is 7.13. The highest BCUT2D eigenvalue weighted by atomic mass is 32.2. The van der Waals surface area contributed by atoms with Gasteiger partial charge in [0.15, 0.2) is 0 Å². The second-order valence-corrected chi connectivity index (χ2v) is 6.49. The van der Waals surface area contributed by atoms with Crippen molar-refractivity contribution in [3.05, 3.63) is 29.8 Å². The molecule has 106 valence electrons. The van der Waals surface area contributed by atoms with Crippen molar-refractivity contribution in [3.63, 3.8) is 0 Å². The molecule has 0 N–H and O–H groups in total. The van der Waals surface area contributed by atoms with Crippen LogP contribution in [0.2, 0.25) is 0 Å². The SMILES string of the molecule is COC(=O)Cc1ccc(OCCCS(C)(=O)=O)cc1. The quantitative estimate of drug-likeness (QED) is 0.557. The molecule has 1 aromatic carbocycles. The standard InChI is InChI=1S/C13H18O5S/c1-17-13(14)10-11-4-6-12(7-5-11)18-8-3-9-19(2,15)16/h4-7H,3,8-10H2,1-2H3. The number of rotatable bonds is 7. The fraction of sp³-hybridized carbons (Fsp3) is 0.462. The number of carbonyl (C=O) groups excluding carboxylic acids is 1. The molecule has 0 radical (unpaired) electrons. The summed E-state index contributed by atoms with van der Waals surface area (Å²) in [5, 5.41) is 0. The lowest BCUT2D eigenvalue weighted by atomic mass is 10.1. The third-order valence-corrected chi connectivity index (χ3v) is 3.46. The fourth-order valence-electron chi connectivity index (χ4n) is 1.45. The third-order valence-electron chi connectivity index (χ3n) is 2.43. The van der Waals surface area contributed by atoms with Gasteiger partial charge in [0.05, 0.1) is 25.9 Å². The first kappa shape index (κ1) is 15.5. The highest BCUT2D eigenvalue weighted by Gasteiger charge is 2.04. The van der Waals surface area contributed by atoms with Gasteiger partial charge in [-0.15, -0.1) is 0 Å². The van der Waals surface area contributed by atoms with Gasteiger partial charge in [0.1, 0.15) is 15.6 Å². The van der Waals surface area contributed by atoms with Crippen LogP contribution in [0.4, 0.5) is 0 Å². The predicted molar refractivity (Wildman–Crippen MR) is 72.0 cm³/mol. The maximum atomic E-state index is 11.1. The van der Waals surface area contributed by atoms with Crippen LogP contribution in [0.15, 0.2) is 24.3 Å². The van der Waals surface area contributed by atoms with Gasteiger partial charge >= 0.3 is 5.97 Å². The fourth-order valence-corrected chi connectivity index (χ4v) is 2.10. The van der Waals surface area contributed by atoms with E-state index in [9.17, 15) is 13.2 Å². The van der Waals surface area contributed by atoms with Gasteiger partial charge in [-0.3, -0.25) is 4.79 Å². The first-order valence-corrected chi connectivity index (χ1v) is 7.93. The monoisotopic (exact) mass is 286 g/mol. The predicted octanol–water partition coefficient (Wildman–Crippen LogP) is 1.22. The minimum atomic E-state index is -2.93. The summed E-state index contributed by atoms with van der Waals surface area (Å²) in [6, 6.07) is 7.06. The number of hydrogen-bond donors (Lipinski definition) is 0. The van der Waals surface area contributed by atoms with Crippen molar-refractivity contribution in [3.8, 4) is 5.75 Å². The molecule has 0 atom stereocenters. The second-order valence-electron chi connectivity index (χ2n) is 4.23. The Morgan fingerprint density at radius 1 is 1.21 bits per heavy atom. The molecule has 0 saturated heterocycles. The molecule has 6 heteroatoms. The first-order chi connectivity index (χ1) is 8.90. The van der Waals surface area contributed by atoms with Crippen LogP contribution in [0, 0.1) is 0 Å². The van der Waals surface area contributed by atoms with Gasteiger partial charge in [-0.25, -0.2) is 8.42 Å². The average Bonchev–Trinajstić information content (AvgIpc) is 2.35. The molecule has 5 nitrogen and oxygen atoms in total. The summed E-state index contributed by atoms with van der Waals surface area (Å²) in [5.74, 6) is 0.483. The molecule has 0 bridgehead atoms. The Morgan fingerprint density at radius 3 is 2.37 bits per heavy atom. The van der Waals surface area contributed by atoms with Crippen LogP contribution in [0.5, 0.6) is 5.75 Å². The van der Waals surface area contributed by atoms with Crippen LogP contribution < -0.4 is 4.74 Å². The first-order valence-electron chi connectivity index (χ1n) is 5.87. The van der Waals surface area contributed by atoms with Crippen LogP contribution in [0.3, 0.4) is 0 Å². The molecule has 0 spiro atoms. The van der Waals surface area contributed by atoms with E-state index in [1.54, 1.807) is 24.3 Å². The van der Waals surface area contributed by atoms with Crippen molar-refractivity contribution in [1.82, 2.24) is 0 Å². The maximum Gasteiger partial charge on any atom is 0.309 e. The van der Waals surface area contributed by atoms with Gasteiger partial charge < -0.3 is 9.47 Å². The number of hydrogen-bond acceptors (Lipinski definition) is 5. The van der Waals surface area contributed by atoms with E-state index in [0.29, 0.717) is 18.8 Å². The number of benzene rings is 1. The summed E-state index contributed by atoms with van der Waals surface area (Å²) in [7, 11) is -1.58. The maximum absolute atomic E-state index is 11.1. The van der Waals surface area contributed by atoms with Crippen LogP contribution in [-0.4, -0.2) is 40.1 Å². The van der Waals surface area contributed by atoms with Crippen molar-refractivity contribution in [2.45, 2.75) is 12.8 Å². The molecule has 0 aromatic heterocycles. The van der Waals surface area contributed by atoms with Crippen LogP contribution in [0.25, 0.3) is 0 Å². The van der Waals surface area contributed by atoms with Crippen molar-refractivity contribution in [1.29, 1.82) is 0 Å². The lowest BCUT2D eigenvalue weighted by Gasteiger charge is -2.06. The molecule has 0 amide bonds. The van der Waals surface area contributed by atoms with Gasteiger partial charge in [0, 0.05) is 6.26 Å². The number of esters is 1. The summed E-state index contributed by atoms with van der Waals surface area (Å²) >= 11 is 0. The van der Waals surface area contributed by atoms with Crippen LogP contribution in [0.1, 0.15) is 12.0 Å². The van der Waals surface area contributed by atoms with E-state index in [-0.39, 0.29) is 18.1 Å². The number of ether oxygens (including phenoxy) is 2. The molecule has 0 saturated carbocycles. The molecule has 0 aliphatic carbocycles. The molecule has 0 aliphatic heterocycles. The molecule has 0 heterocycles. The van der Waals surface area contributed by atoms with E-state index in [1.807, 2.05) is 0 Å². The summed E-state index contributed by atoms with van der Waals surface area (Å²) in [6.07, 6.45) is 1.89. The Hall–Kier alpha value is -1.56. The molecule has 0 fully saturated rings. The van der Waals surface area contributed by atoms with Crippen LogP contribution in [-0.2, 0) is 25.8 Å². The lowest BCUT2D eigenvalue weighted by Crippen LogP contribution is -2.08.